The van der Waals surface area contributed by atoms with E-state index in [2.05, 4.69) is 17.9 Å². The number of fused-ring (bicyclic) bond motifs is 1. The monoisotopic (exact) mass is 395 g/mol. The fraction of sp³-hybridized carbons (Fsp3) is 0.520. The molecule has 0 bridgehead atoms. The Labute approximate surface area is 174 Å². The minimum absolute atomic E-state index is 0.328. The lowest BCUT2D eigenvalue weighted by Crippen LogP contribution is -2.33. The van der Waals surface area contributed by atoms with Gasteiger partial charge in [0.25, 0.3) is 0 Å². The van der Waals surface area contributed by atoms with Crippen LogP contribution in [0.15, 0.2) is 48.5 Å². The summed E-state index contributed by atoms with van der Waals surface area (Å²) in [4.78, 5) is 2.58. The normalized spacial score (nSPS) is 27.7. The van der Waals surface area contributed by atoms with E-state index in [1.54, 1.807) is 19.2 Å². The summed E-state index contributed by atoms with van der Waals surface area (Å²) >= 11 is 0. The smallest absolute Gasteiger partial charge is 0.119 e. The van der Waals surface area contributed by atoms with Crippen molar-refractivity contribution in [2.75, 3.05) is 26.7 Å². The van der Waals surface area contributed by atoms with Gasteiger partial charge in [-0.15, -0.1) is 0 Å². The SMILES string of the molecule is CCC(CN1C[C@@H]2CC(O)(Cc3cccc(OC)c3)C[C@@H]2C1)c1ccc(O)cc1. The molecule has 4 heteroatoms. The number of aromatic hydroxyl groups is 1. The van der Waals surface area contributed by atoms with Gasteiger partial charge in [0, 0.05) is 26.1 Å². The average Bonchev–Trinajstić information content (AvgIpc) is 3.20. The van der Waals surface area contributed by atoms with Crippen molar-refractivity contribution in [3.8, 4) is 11.5 Å². The van der Waals surface area contributed by atoms with E-state index in [-0.39, 0.29) is 0 Å². The molecule has 29 heavy (non-hydrogen) atoms. The number of aliphatic hydroxyl groups is 1. The lowest BCUT2D eigenvalue weighted by atomic mass is 9.91. The molecule has 156 valence electrons. The van der Waals surface area contributed by atoms with Crippen molar-refractivity contribution in [1.82, 2.24) is 4.90 Å². The minimum atomic E-state index is -0.588. The Morgan fingerprint density at radius 1 is 1.10 bits per heavy atom. The second-order valence-corrected chi connectivity index (χ2v) is 9.10. The van der Waals surface area contributed by atoms with Crippen LogP contribution in [0.4, 0.5) is 0 Å². The molecule has 2 unspecified atom stereocenters. The third kappa shape index (κ3) is 4.59. The van der Waals surface area contributed by atoms with Gasteiger partial charge in [-0.25, -0.2) is 0 Å². The molecule has 1 aliphatic carbocycles. The summed E-state index contributed by atoms with van der Waals surface area (Å²) in [7, 11) is 1.68. The Kier molecular flexibility index (Phi) is 5.84. The van der Waals surface area contributed by atoms with Crippen LogP contribution in [0.1, 0.15) is 43.2 Å². The van der Waals surface area contributed by atoms with Crippen LogP contribution in [-0.2, 0) is 6.42 Å². The molecule has 2 aromatic rings. The summed E-state index contributed by atoms with van der Waals surface area (Å²) in [5.74, 6) is 2.85. The molecule has 1 heterocycles. The first-order chi connectivity index (χ1) is 14.0. The lowest BCUT2D eigenvalue weighted by Gasteiger charge is -2.28. The van der Waals surface area contributed by atoms with Crippen molar-refractivity contribution in [3.63, 3.8) is 0 Å². The molecule has 2 aromatic carbocycles. The van der Waals surface area contributed by atoms with Crippen molar-refractivity contribution in [2.24, 2.45) is 11.8 Å². The molecular formula is C25H33NO3. The molecule has 1 saturated carbocycles. The Balaban J connectivity index is 1.34. The predicted molar refractivity (Wildman–Crippen MR) is 115 cm³/mol. The molecular weight excluding hydrogens is 362 g/mol. The Morgan fingerprint density at radius 2 is 1.79 bits per heavy atom. The van der Waals surface area contributed by atoms with Gasteiger partial charge >= 0.3 is 0 Å². The Morgan fingerprint density at radius 3 is 2.41 bits per heavy atom. The Bertz CT molecular complexity index is 805. The third-order valence-electron chi connectivity index (χ3n) is 6.94. The number of likely N-dealkylation sites (tertiary alicyclic amines) is 1. The van der Waals surface area contributed by atoms with E-state index in [0.29, 0.717) is 29.9 Å². The number of nitrogens with zero attached hydrogens (tertiary/aromatic N) is 1. The van der Waals surface area contributed by atoms with E-state index in [4.69, 9.17) is 4.74 Å². The van der Waals surface area contributed by atoms with Crippen molar-refractivity contribution in [2.45, 2.75) is 44.1 Å². The Hall–Kier alpha value is -2.04. The quantitative estimate of drug-likeness (QED) is 0.737. The molecule has 0 aromatic heterocycles. The number of ether oxygens (including phenoxy) is 1. The highest BCUT2D eigenvalue weighted by Crippen LogP contribution is 2.46. The van der Waals surface area contributed by atoms with E-state index in [1.807, 2.05) is 30.3 Å². The number of phenols is 1. The van der Waals surface area contributed by atoms with Crippen molar-refractivity contribution in [1.29, 1.82) is 0 Å². The van der Waals surface area contributed by atoms with E-state index >= 15 is 0 Å². The van der Waals surface area contributed by atoms with Gasteiger partial charge in [0.15, 0.2) is 0 Å². The molecule has 4 nitrogen and oxygen atoms in total. The third-order valence-corrected chi connectivity index (χ3v) is 6.94. The first-order valence-corrected chi connectivity index (χ1v) is 10.8. The topological polar surface area (TPSA) is 52.9 Å². The number of rotatable bonds is 7. The van der Waals surface area contributed by atoms with Crippen LogP contribution in [0.2, 0.25) is 0 Å². The number of methoxy groups -OCH3 is 1. The molecule has 4 rings (SSSR count). The van der Waals surface area contributed by atoms with Crippen molar-refractivity contribution < 1.29 is 14.9 Å². The first kappa shape index (κ1) is 20.2. The van der Waals surface area contributed by atoms with Crippen LogP contribution < -0.4 is 4.74 Å². The zero-order valence-corrected chi connectivity index (χ0v) is 17.6. The van der Waals surface area contributed by atoms with Crippen molar-refractivity contribution >= 4 is 0 Å². The predicted octanol–water partition coefficient (Wildman–Crippen LogP) is 4.21. The number of phenolic OH excluding ortho intramolecular Hbond substituents is 1. The van der Waals surface area contributed by atoms with Crippen molar-refractivity contribution in [3.05, 3.63) is 59.7 Å². The zero-order chi connectivity index (χ0) is 20.4. The molecule has 0 spiro atoms. The second-order valence-electron chi connectivity index (χ2n) is 9.10. The molecule has 0 radical (unpaired) electrons. The van der Waals surface area contributed by atoms with Gasteiger partial charge in [-0.05, 0) is 72.4 Å². The fourth-order valence-electron chi connectivity index (χ4n) is 5.54. The summed E-state index contributed by atoms with van der Waals surface area (Å²) < 4.78 is 5.33. The molecule has 2 N–H and O–H groups in total. The van der Waals surface area contributed by atoms with E-state index in [0.717, 1.165) is 50.2 Å². The van der Waals surface area contributed by atoms with Gasteiger partial charge in [-0.3, -0.25) is 0 Å². The summed E-state index contributed by atoms with van der Waals surface area (Å²) in [6, 6.07) is 15.8. The van der Waals surface area contributed by atoms with Crippen LogP contribution in [0.3, 0.4) is 0 Å². The number of hydrogen-bond donors (Lipinski definition) is 2. The summed E-state index contributed by atoms with van der Waals surface area (Å²) in [5.41, 5.74) is 1.87. The maximum Gasteiger partial charge on any atom is 0.119 e. The van der Waals surface area contributed by atoms with Gasteiger partial charge in [0.2, 0.25) is 0 Å². The van der Waals surface area contributed by atoms with Gasteiger partial charge < -0.3 is 19.8 Å². The summed E-state index contributed by atoms with van der Waals surface area (Å²) in [5, 5.41) is 20.8. The largest absolute Gasteiger partial charge is 0.508 e. The van der Waals surface area contributed by atoms with Crippen LogP contribution in [-0.4, -0.2) is 47.5 Å². The van der Waals surface area contributed by atoms with Crippen LogP contribution in [0.5, 0.6) is 11.5 Å². The highest BCUT2D eigenvalue weighted by Gasteiger charge is 2.48. The van der Waals surface area contributed by atoms with Gasteiger partial charge in [-0.1, -0.05) is 31.2 Å². The first-order valence-electron chi connectivity index (χ1n) is 10.8. The maximum atomic E-state index is 11.2. The number of benzene rings is 2. The van der Waals surface area contributed by atoms with E-state index in [9.17, 15) is 10.2 Å². The highest BCUT2D eigenvalue weighted by atomic mass is 16.5. The molecule has 2 fully saturated rings. The minimum Gasteiger partial charge on any atom is -0.508 e. The van der Waals surface area contributed by atoms with Gasteiger partial charge in [-0.2, -0.15) is 0 Å². The highest BCUT2D eigenvalue weighted by molar-refractivity contribution is 5.30. The van der Waals surface area contributed by atoms with Crippen LogP contribution in [0, 0.1) is 11.8 Å². The standard InChI is InChI=1S/C25H33NO3/c1-3-19(20-7-9-23(27)10-8-20)15-26-16-21-13-25(28,14-22(21)17-26)12-18-5-4-6-24(11-18)29-2/h4-11,19,21-22,27-28H,3,12-17H2,1-2H3/t19?,21-,22+,25?. The van der Waals surface area contributed by atoms with E-state index in [1.165, 1.54) is 5.56 Å². The molecule has 1 aliphatic heterocycles. The fourth-order valence-corrected chi connectivity index (χ4v) is 5.54. The number of hydrogen-bond acceptors (Lipinski definition) is 4. The van der Waals surface area contributed by atoms with E-state index < -0.39 is 5.60 Å². The average molecular weight is 396 g/mol. The zero-order valence-electron chi connectivity index (χ0n) is 17.6. The lowest BCUT2D eigenvalue weighted by molar-refractivity contribution is 0.0352. The summed E-state index contributed by atoms with van der Waals surface area (Å²) in [6.45, 7) is 5.46. The van der Waals surface area contributed by atoms with Crippen LogP contribution >= 0.6 is 0 Å². The van der Waals surface area contributed by atoms with Gasteiger partial charge in [0.1, 0.15) is 11.5 Å². The summed E-state index contributed by atoms with van der Waals surface area (Å²) in [6.07, 6.45) is 3.58. The molecule has 2 aliphatic rings. The van der Waals surface area contributed by atoms with Gasteiger partial charge in [0.05, 0.1) is 12.7 Å². The van der Waals surface area contributed by atoms with Crippen LogP contribution in [0.25, 0.3) is 0 Å². The molecule has 0 amide bonds. The molecule has 1 saturated heterocycles. The second kappa shape index (κ2) is 8.37. The molecule has 4 atom stereocenters. The maximum absolute atomic E-state index is 11.2.